The molecule has 0 radical (unpaired) electrons. The molecule has 20 heavy (non-hydrogen) atoms. The number of hydrogen-bond acceptors (Lipinski definition) is 3. The molecular formula is C16H17NO2S. The number of Topliss-reactive ketones (excluding diaryl/α,β-unsaturated/α-hetero) is 1. The number of carbonyl (C=O) groups excluding carboxylic acids is 1. The van der Waals surface area contributed by atoms with E-state index in [1.807, 2.05) is 26.0 Å². The average Bonchev–Trinajstić information content (AvgIpc) is 2.99. The highest BCUT2D eigenvalue weighted by molar-refractivity contribution is 7.12. The third-order valence-corrected chi connectivity index (χ3v) is 4.86. The highest BCUT2D eigenvalue weighted by atomic mass is 32.1. The van der Waals surface area contributed by atoms with Crippen LogP contribution in [-0.4, -0.2) is 10.4 Å². The molecule has 0 saturated heterocycles. The molecule has 1 aliphatic carbocycles. The summed E-state index contributed by atoms with van der Waals surface area (Å²) in [4.78, 5) is 26.7. The van der Waals surface area contributed by atoms with Crippen molar-refractivity contribution >= 4 is 17.1 Å². The van der Waals surface area contributed by atoms with Crippen molar-refractivity contribution in [3.8, 4) is 0 Å². The van der Waals surface area contributed by atoms with Crippen LogP contribution in [0, 0.1) is 13.8 Å². The maximum Gasteiger partial charge on any atom is 0.251 e. The van der Waals surface area contributed by atoms with E-state index in [0.29, 0.717) is 0 Å². The van der Waals surface area contributed by atoms with Gasteiger partial charge in [-0.1, -0.05) is 6.07 Å². The molecule has 104 valence electrons. The molecule has 0 fully saturated rings. The van der Waals surface area contributed by atoms with E-state index in [0.717, 1.165) is 40.3 Å². The number of hydrogen-bond donors (Lipinski definition) is 0. The van der Waals surface area contributed by atoms with Gasteiger partial charge in [-0.3, -0.25) is 9.59 Å². The van der Waals surface area contributed by atoms with Crippen molar-refractivity contribution < 1.29 is 4.79 Å². The summed E-state index contributed by atoms with van der Waals surface area (Å²) in [6, 6.07) is 5.42. The third kappa shape index (κ3) is 2.24. The van der Waals surface area contributed by atoms with Crippen molar-refractivity contribution in [2.75, 3.05) is 0 Å². The normalized spacial score (nSPS) is 13.5. The van der Waals surface area contributed by atoms with Gasteiger partial charge < -0.3 is 4.57 Å². The van der Waals surface area contributed by atoms with Gasteiger partial charge in [-0.05, 0) is 44.7 Å². The highest BCUT2D eigenvalue weighted by Crippen LogP contribution is 2.23. The summed E-state index contributed by atoms with van der Waals surface area (Å²) >= 11 is 1.63. The second kappa shape index (κ2) is 5.02. The van der Waals surface area contributed by atoms with Gasteiger partial charge in [0, 0.05) is 27.1 Å². The van der Waals surface area contributed by atoms with Gasteiger partial charge in [0.15, 0.2) is 5.78 Å². The molecule has 0 saturated carbocycles. The summed E-state index contributed by atoms with van der Waals surface area (Å²) < 4.78 is 1.66. The predicted molar refractivity (Wildman–Crippen MR) is 80.9 cm³/mol. The SMILES string of the molecule is Cc1cc(C(=O)Cn2c3c(ccc2=O)CCC3)c(C)s1. The highest BCUT2D eigenvalue weighted by Gasteiger charge is 2.19. The molecule has 4 heteroatoms. The largest absolute Gasteiger partial charge is 0.305 e. The zero-order valence-electron chi connectivity index (χ0n) is 11.7. The van der Waals surface area contributed by atoms with E-state index in [1.165, 1.54) is 5.56 Å². The van der Waals surface area contributed by atoms with Gasteiger partial charge in [0.25, 0.3) is 5.56 Å². The molecule has 3 rings (SSSR count). The van der Waals surface area contributed by atoms with E-state index in [1.54, 1.807) is 22.0 Å². The van der Waals surface area contributed by atoms with Gasteiger partial charge in [-0.15, -0.1) is 11.3 Å². The summed E-state index contributed by atoms with van der Waals surface area (Å²) in [6.45, 7) is 4.13. The summed E-state index contributed by atoms with van der Waals surface area (Å²) in [7, 11) is 0. The second-order valence-electron chi connectivity index (χ2n) is 5.33. The maximum atomic E-state index is 12.4. The van der Waals surface area contributed by atoms with Gasteiger partial charge >= 0.3 is 0 Å². The number of aryl methyl sites for hydroxylation is 3. The quantitative estimate of drug-likeness (QED) is 0.814. The van der Waals surface area contributed by atoms with Gasteiger partial charge in [-0.25, -0.2) is 0 Å². The fourth-order valence-corrected chi connectivity index (χ4v) is 3.89. The van der Waals surface area contributed by atoms with Crippen molar-refractivity contribution in [3.05, 3.63) is 55.1 Å². The number of ketones is 1. The number of aromatic nitrogens is 1. The molecule has 0 unspecified atom stereocenters. The first-order valence-corrected chi connectivity index (χ1v) is 7.70. The predicted octanol–water partition coefficient (Wildman–Crippen LogP) is 2.90. The average molecular weight is 287 g/mol. The fraction of sp³-hybridized carbons (Fsp3) is 0.375. The van der Waals surface area contributed by atoms with Crippen LogP contribution in [0.4, 0.5) is 0 Å². The lowest BCUT2D eigenvalue weighted by molar-refractivity contribution is 0.0969. The minimum absolute atomic E-state index is 0.0363. The Morgan fingerprint density at radius 2 is 2.10 bits per heavy atom. The molecule has 0 atom stereocenters. The molecule has 0 N–H and O–H groups in total. The van der Waals surface area contributed by atoms with Crippen LogP contribution in [0.25, 0.3) is 0 Å². The summed E-state index contributed by atoms with van der Waals surface area (Å²) in [6.07, 6.45) is 2.99. The maximum absolute atomic E-state index is 12.4. The van der Waals surface area contributed by atoms with E-state index < -0.39 is 0 Å². The lowest BCUT2D eigenvalue weighted by atomic mass is 10.1. The summed E-state index contributed by atoms with van der Waals surface area (Å²) in [5.41, 5.74) is 2.96. The molecule has 0 bridgehead atoms. The molecule has 0 spiro atoms. The van der Waals surface area contributed by atoms with Crippen LogP contribution < -0.4 is 5.56 Å². The van der Waals surface area contributed by atoms with Gasteiger partial charge in [0.05, 0.1) is 6.54 Å². The number of carbonyl (C=O) groups is 1. The van der Waals surface area contributed by atoms with Crippen LogP contribution in [0.5, 0.6) is 0 Å². The molecule has 0 aliphatic heterocycles. The number of nitrogens with zero attached hydrogens (tertiary/aromatic N) is 1. The van der Waals surface area contributed by atoms with Crippen LogP contribution in [0.2, 0.25) is 0 Å². The van der Waals surface area contributed by atoms with Crippen LogP contribution in [-0.2, 0) is 19.4 Å². The van der Waals surface area contributed by atoms with Crippen molar-refractivity contribution in [1.82, 2.24) is 4.57 Å². The van der Waals surface area contributed by atoms with E-state index >= 15 is 0 Å². The van der Waals surface area contributed by atoms with Gasteiger partial charge in [0.2, 0.25) is 0 Å². The Bertz CT molecular complexity index is 739. The Morgan fingerprint density at radius 3 is 2.80 bits per heavy atom. The van der Waals surface area contributed by atoms with Gasteiger partial charge in [0.1, 0.15) is 0 Å². The van der Waals surface area contributed by atoms with E-state index in [9.17, 15) is 9.59 Å². The minimum atomic E-state index is -0.0661. The van der Waals surface area contributed by atoms with Gasteiger partial charge in [-0.2, -0.15) is 0 Å². The molecule has 2 aromatic rings. The van der Waals surface area contributed by atoms with Crippen molar-refractivity contribution in [2.24, 2.45) is 0 Å². The summed E-state index contributed by atoms with van der Waals surface area (Å²) in [5, 5.41) is 0. The smallest absolute Gasteiger partial charge is 0.251 e. The Labute approximate surface area is 121 Å². The van der Waals surface area contributed by atoms with Crippen LogP contribution in [0.1, 0.15) is 37.8 Å². The first-order valence-electron chi connectivity index (χ1n) is 6.88. The topological polar surface area (TPSA) is 39.1 Å². The third-order valence-electron chi connectivity index (χ3n) is 3.89. The monoisotopic (exact) mass is 287 g/mol. The lowest BCUT2D eigenvalue weighted by Crippen LogP contribution is -2.26. The molecule has 2 heterocycles. The molecule has 1 aliphatic rings. The van der Waals surface area contributed by atoms with E-state index in [2.05, 4.69) is 0 Å². The van der Waals surface area contributed by atoms with Crippen LogP contribution >= 0.6 is 11.3 Å². The van der Waals surface area contributed by atoms with Crippen molar-refractivity contribution in [2.45, 2.75) is 39.7 Å². The molecule has 2 aromatic heterocycles. The molecule has 0 aromatic carbocycles. The number of pyridine rings is 1. The Kier molecular flexibility index (Phi) is 3.34. The van der Waals surface area contributed by atoms with Crippen LogP contribution in [0.3, 0.4) is 0 Å². The molecule has 0 amide bonds. The second-order valence-corrected chi connectivity index (χ2v) is 6.79. The first kappa shape index (κ1) is 13.3. The van der Waals surface area contributed by atoms with Crippen LogP contribution in [0.15, 0.2) is 23.0 Å². The fourth-order valence-electron chi connectivity index (χ4n) is 2.94. The molecule has 3 nitrogen and oxygen atoms in total. The summed E-state index contributed by atoms with van der Waals surface area (Å²) in [5.74, 6) is 0.0363. The Balaban J connectivity index is 1.96. The molecular weight excluding hydrogens is 270 g/mol. The Hall–Kier alpha value is -1.68. The zero-order chi connectivity index (χ0) is 14.3. The van der Waals surface area contributed by atoms with E-state index in [-0.39, 0.29) is 17.9 Å². The van der Waals surface area contributed by atoms with E-state index in [4.69, 9.17) is 0 Å². The first-order chi connectivity index (χ1) is 9.56. The zero-order valence-corrected chi connectivity index (χ0v) is 12.5. The minimum Gasteiger partial charge on any atom is -0.305 e. The Morgan fingerprint density at radius 1 is 1.30 bits per heavy atom. The lowest BCUT2D eigenvalue weighted by Gasteiger charge is -2.11. The number of thiophene rings is 1. The number of fused-ring (bicyclic) bond motifs is 1. The van der Waals surface area contributed by atoms with Crippen molar-refractivity contribution in [1.29, 1.82) is 0 Å². The standard InChI is InChI=1S/C16H17NO2S/c1-10-8-13(11(2)20-10)15(18)9-17-14-5-3-4-12(14)6-7-16(17)19/h6-8H,3-5,9H2,1-2H3. The van der Waals surface area contributed by atoms with Crippen molar-refractivity contribution in [3.63, 3.8) is 0 Å². The number of rotatable bonds is 3.